The molecule has 2 aromatic heterocycles. The van der Waals surface area contributed by atoms with Gasteiger partial charge in [0.15, 0.2) is 5.82 Å². The van der Waals surface area contributed by atoms with E-state index in [1.165, 1.54) is 10.9 Å². The van der Waals surface area contributed by atoms with Crippen LogP contribution in [0.5, 0.6) is 0 Å². The van der Waals surface area contributed by atoms with Crippen LogP contribution in [0, 0.1) is 22.7 Å². The van der Waals surface area contributed by atoms with Crippen molar-refractivity contribution in [3.05, 3.63) is 70.3 Å². The maximum atomic E-state index is 12.7. The normalized spacial score (nSPS) is 11.3. The van der Waals surface area contributed by atoms with Crippen LogP contribution in [0.25, 0.3) is 16.9 Å². The Hall–Kier alpha value is -4.17. The number of nitriles is 2. The van der Waals surface area contributed by atoms with E-state index >= 15 is 0 Å². The van der Waals surface area contributed by atoms with Crippen LogP contribution >= 0.6 is 0 Å². The number of nitrogens with one attached hydrogen (secondary N) is 2. The zero-order valence-corrected chi connectivity index (χ0v) is 15.7. The van der Waals surface area contributed by atoms with Crippen LogP contribution in [-0.4, -0.2) is 26.7 Å². The summed E-state index contributed by atoms with van der Waals surface area (Å²) >= 11 is 0. The van der Waals surface area contributed by atoms with Gasteiger partial charge in [-0.25, -0.2) is 9.67 Å². The minimum Gasteiger partial charge on any atom is -0.348 e. The topological polar surface area (TPSA) is 127 Å². The summed E-state index contributed by atoms with van der Waals surface area (Å²) in [6.07, 6.45) is 3.85. The Morgan fingerprint density at radius 2 is 2.00 bits per heavy atom. The van der Waals surface area contributed by atoms with Gasteiger partial charge in [0, 0.05) is 18.4 Å². The number of hydrogen-bond donors (Lipinski definition) is 2. The second-order valence-corrected chi connectivity index (χ2v) is 6.36. The molecule has 0 aliphatic rings. The lowest BCUT2D eigenvalue weighted by atomic mass is 10.1. The van der Waals surface area contributed by atoms with Crippen LogP contribution in [0.3, 0.4) is 0 Å². The van der Waals surface area contributed by atoms with E-state index in [1.54, 1.807) is 42.6 Å². The number of hydrogen-bond acceptors (Lipinski definition) is 5. The van der Waals surface area contributed by atoms with E-state index in [9.17, 15) is 9.59 Å². The van der Waals surface area contributed by atoms with Crippen molar-refractivity contribution >= 4 is 5.91 Å². The van der Waals surface area contributed by atoms with Crippen molar-refractivity contribution in [2.75, 3.05) is 0 Å². The highest BCUT2D eigenvalue weighted by molar-refractivity contribution is 5.94. The number of nitrogens with zero attached hydrogens (tertiary/aromatic N) is 4. The van der Waals surface area contributed by atoms with Gasteiger partial charge < -0.3 is 5.32 Å². The van der Waals surface area contributed by atoms with E-state index in [4.69, 9.17) is 10.5 Å². The second-order valence-electron chi connectivity index (χ2n) is 6.36. The largest absolute Gasteiger partial charge is 0.348 e. The first-order chi connectivity index (χ1) is 14.1. The van der Waals surface area contributed by atoms with E-state index in [0.29, 0.717) is 34.5 Å². The molecule has 0 radical (unpaired) electrons. The number of rotatable bonds is 6. The van der Waals surface area contributed by atoms with E-state index < -0.39 is 0 Å². The van der Waals surface area contributed by atoms with Crippen molar-refractivity contribution in [2.24, 2.45) is 0 Å². The molecular formula is C21H18N6O2. The van der Waals surface area contributed by atoms with Crippen LogP contribution in [0.4, 0.5) is 0 Å². The van der Waals surface area contributed by atoms with Crippen molar-refractivity contribution < 1.29 is 4.79 Å². The lowest BCUT2D eigenvalue weighted by Crippen LogP contribution is -2.34. The van der Waals surface area contributed by atoms with Gasteiger partial charge in [-0.1, -0.05) is 19.1 Å². The van der Waals surface area contributed by atoms with E-state index in [-0.39, 0.29) is 23.9 Å². The molecule has 3 aromatic rings. The molecule has 0 fully saturated rings. The van der Waals surface area contributed by atoms with Gasteiger partial charge in [-0.3, -0.25) is 14.7 Å². The molecule has 144 valence electrons. The average molecular weight is 386 g/mol. The summed E-state index contributed by atoms with van der Waals surface area (Å²) < 4.78 is 1.28. The SMILES string of the molecule is CCC(CC#N)NC(=O)c1ccc(-n2[nH]cc(-c3ccc(C#N)cc3)c2=O)nc1. The molecule has 1 atom stereocenters. The first kappa shape index (κ1) is 19.6. The number of amides is 1. The summed E-state index contributed by atoms with van der Waals surface area (Å²) in [5.74, 6) is 0.0266. The molecule has 0 saturated carbocycles. The Bertz CT molecular complexity index is 1140. The van der Waals surface area contributed by atoms with E-state index in [1.807, 2.05) is 19.1 Å². The van der Waals surface area contributed by atoms with Crippen molar-refractivity contribution in [1.29, 1.82) is 10.5 Å². The molecule has 0 aliphatic heterocycles. The molecule has 0 saturated heterocycles. The maximum Gasteiger partial charge on any atom is 0.280 e. The molecule has 3 rings (SSSR count). The minimum absolute atomic E-state index is 0.215. The summed E-state index contributed by atoms with van der Waals surface area (Å²) in [6.45, 7) is 1.90. The van der Waals surface area contributed by atoms with Crippen molar-refractivity contribution in [1.82, 2.24) is 20.1 Å². The molecule has 8 nitrogen and oxygen atoms in total. The van der Waals surface area contributed by atoms with E-state index in [0.717, 1.165) is 0 Å². The smallest absolute Gasteiger partial charge is 0.280 e. The Kier molecular flexibility index (Phi) is 5.86. The van der Waals surface area contributed by atoms with Gasteiger partial charge in [0.05, 0.1) is 35.2 Å². The predicted octanol–water partition coefficient (Wildman–Crippen LogP) is 2.52. The molecule has 1 amide bonds. The molecular weight excluding hydrogens is 368 g/mol. The van der Waals surface area contributed by atoms with E-state index in [2.05, 4.69) is 15.4 Å². The first-order valence-electron chi connectivity index (χ1n) is 9.02. The zero-order chi connectivity index (χ0) is 20.8. The molecule has 0 spiro atoms. The van der Waals surface area contributed by atoms with Crippen molar-refractivity contribution in [3.8, 4) is 29.1 Å². The van der Waals surface area contributed by atoms with Crippen LogP contribution in [-0.2, 0) is 0 Å². The number of benzene rings is 1. The number of aromatic amines is 1. The number of carbonyl (C=O) groups excluding carboxylic acids is 1. The lowest BCUT2D eigenvalue weighted by Gasteiger charge is -2.13. The molecule has 2 N–H and O–H groups in total. The predicted molar refractivity (Wildman–Crippen MR) is 106 cm³/mol. The Morgan fingerprint density at radius 1 is 1.24 bits per heavy atom. The quantitative estimate of drug-likeness (QED) is 0.673. The molecule has 2 heterocycles. The summed E-state index contributed by atoms with van der Waals surface area (Å²) in [6, 6.07) is 13.7. The molecule has 0 aliphatic carbocycles. The third-order valence-corrected chi connectivity index (χ3v) is 4.50. The van der Waals surface area contributed by atoms with Crippen LogP contribution in [0.15, 0.2) is 53.6 Å². The van der Waals surface area contributed by atoms with Crippen molar-refractivity contribution in [3.63, 3.8) is 0 Å². The molecule has 1 aromatic carbocycles. The third-order valence-electron chi connectivity index (χ3n) is 4.50. The Labute approximate surface area is 167 Å². The highest BCUT2D eigenvalue weighted by atomic mass is 16.2. The van der Waals surface area contributed by atoms with Gasteiger partial charge in [0.1, 0.15) is 0 Å². The molecule has 1 unspecified atom stereocenters. The highest BCUT2D eigenvalue weighted by Crippen LogP contribution is 2.16. The van der Waals surface area contributed by atoms with Crippen LogP contribution < -0.4 is 10.9 Å². The van der Waals surface area contributed by atoms with Gasteiger partial charge in [0.25, 0.3) is 11.5 Å². The minimum atomic E-state index is -0.316. The molecule has 29 heavy (non-hydrogen) atoms. The van der Waals surface area contributed by atoms with Crippen LogP contribution in [0.2, 0.25) is 0 Å². The number of pyridine rings is 1. The number of aromatic nitrogens is 3. The fourth-order valence-electron chi connectivity index (χ4n) is 2.80. The lowest BCUT2D eigenvalue weighted by molar-refractivity contribution is 0.0936. The summed E-state index contributed by atoms with van der Waals surface area (Å²) in [5, 5.41) is 23.3. The average Bonchev–Trinajstić information content (AvgIpc) is 3.14. The van der Waals surface area contributed by atoms with Gasteiger partial charge >= 0.3 is 0 Å². The Balaban J connectivity index is 1.81. The van der Waals surface area contributed by atoms with Gasteiger partial charge in [-0.15, -0.1) is 0 Å². The highest BCUT2D eigenvalue weighted by Gasteiger charge is 2.14. The standard InChI is InChI=1S/C21H18N6O2/c1-2-17(9-10-22)26-20(28)16-7-8-19(24-12-16)27-21(29)18(13-25-27)15-5-3-14(11-23)4-6-15/h3-8,12-13,17,25H,2,9H2,1H3,(H,26,28). The van der Waals surface area contributed by atoms with Gasteiger partial charge in [0.2, 0.25) is 0 Å². The number of carbonyl (C=O) groups is 1. The maximum absolute atomic E-state index is 12.7. The summed E-state index contributed by atoms with van der Waals surface area (Å²) in [5.41, 5.74) is 1.69. The number of H-pyrrole nitrogens is 1. The fraction of sp³-hybridized carbons (Fsp3) is 0.190. The summed E-state index contributed by atoms with van der Waals surface area (Å²) in [4.78, 5) is 29.2. The van der Waals surface area contributed by atoms with Crippen molar-refractivity contribution in [2.45, 2.75) is 25.8 Å². The Morgan fingerprint density at radius 3 is 2.59 bits per heavy atom. The third kappa shape index (κ3) is 4.23. The van der Waals surface area contributed by atoms with Gasteiger partial charge in [-0.05, 0) is 36.2 Å². The first-order valence-corrected chi connectivity index (χ1v) is 9.02. The zero-order valence-electron chi connectivity index (χ0n) is 15.7. The van der Waals surface area contributed by atoms with Crippen LogP contribution in [0.1, 0.15) is 35.7 Å². The summed E-state index contributed by atoms with van der Waals surface area (Å²) in [7, 11) is 0. The molecule has 8 heteroatoms. The molecule has 0 bridgehead atoms. The van der Waals surface area contributed by atoms with Gasteiger partial charge in [-0.2, -0.15) is 10.5 Å². The second kappa shape index (κ2) is 8.68. The fourth-order valence-corrected chi connectivity index (χ4v) is 2.80. The monoisotopic (exact) mass is 386 g/mol.